The minimum Gasteiger partial charge on any atom is -0.306 e. The maximum Gasteiger partial charge on any atom is 0.256 e. The molecule has 0 atom stereocenters. The Morgan fingerprint density at radius 2 is 1.73 bits per heavy atom. The molecule has 8 nitrogen and oxygen atoms in total. The summed E-state index contributed by atoms with van der Waals surface area (Å²) in [5.74, 6) is 0.741. The predicted molar refractivity (Wildman–Crippen MR) is 127 cm³/mol. The van der Waals surface area contributed by atoms with E-state index in [0.29, 0.717) is 33.3 Å². The molecule has 9 heteroatoms. The van der Waals surface area contributed by atoms with Crippen LogP contribution in [0.2, 0.25) is 5.02 Å². The van der Waals surface area contributed by atoms with Crippen LogP contribution in [0.15, 0.2) is 61.1 Å². The lowest BCUT2D eigenvalue weighted by Gasteiger charge is -2.10. The van der Waals surface area contributed by atoms with Gasteiger partial charge in [-0.2, -0.15) is 14.9 Å². The molecule has 1 N–H and O–H groups in total. The van der Waals surface area contributed by atoms with Crippen LogP contribution >= 0.6 is 11.6 Å². The second-order valence-electron chi connectivity index (χ2n) is 7.80. The fourth-order valence-corrected chi connectivity index (χ4v) is 3.71. The summed E-state index contributed by atoms with van der Waals surface area (Å²) in [7, 11) is 0. The molecule has 0 spiro atoms. The number of aromatic nitrogens is 6. The Balaban J connectivity index is 1.56. The molecule has 0 aliphatic carbocycles. The van der Waals surface area contributed by atoms with Crippen LogP contribution in [-0.4, -0.2) is 35.4 Å². The predicted octanol–water partition coefficient (Wildman–Crippen LogP) is 4.83. The van der Waals surface area contributed by atoms with Gasteiger partial charge in [-0.3, -0.25) is 4.79 Å². The van der Waals surface area contributed by atoms with Crippen molar-refractivity contribution in [3.8, 4) is 11.5 Å². The molecule has 164 valence electrons. The standard InChI is InChI=1S/C24H20ClN7O/c1-14-4-9-19(10-15(14)2)31-22-20(12-28-31)23(27-13-26-22)32-21(11-16(3)30-32)29-24(33)17-5-7-18(25)8-6-17/h4-13H,1-3H3,(H,29,33). The number of rotatable bonds is 4. The zero-order chi connectivity index (χ0) is 23.1. The molecule has 0 unspecified atom stereocenters. The number of hydrogen-bond acceptors (Lipinski definition) is 5. The number of fused-ring (bicyclic) bond motifs is 1. The van der Waals surface area contributed by atoms with Crippen molar-refractivity contribution in [1.82, 2.24) is 29.5 Å². The molecule has 3 aromatic heterocycles. The van der Waals surface area contributed by atoms with Gasteiger partial charge in [0.2, 0.25) is 0 Å². The highest BCUT2D eigenvalue weighted by Crippen LogP contribution is 2.25. The number of nitrogens with zero attached hydrogens (tertiary/aromatic N) is 6. The molecule has 0 radical (unpaired) electrons. The van der Waals surface area contributed by atoms with E-state index in [2.05, 4.69) is 51.5 Å². The van der Waals surface area contributed by atoms with Crippen LogP contribution in [0, 0.1) is 20.8 Å². The van der Waals surface area contributed by atoms with Crippen molar-refractivity contribution in [3.05, 3.63) is 88.5 Å². The van der Waals surface area contributed by atoms with E-state index in [0.717, 1.165) is 11.4 Å². The summed E-state index contributed by atoms with van der Waals surface area (Å²) in [6.45, 7) is 5.99. The van der Waals surface area contributed by atoms with Gasteiger partial charge in [0.1, 0.15) is 12.1 Å². The first kappa shape index (κ1) is 20.8. The number of nitrogens with one attached hydrogen (secondary N) is 1. The SMILES string of the molecule is Cc1cc(NC(=O)c2ccc(Cl)cc2)n(-c2ncnc3c2cnn3-c2ccc(C)c(C)c2)n1. The van der Waals surface area contributed by atoms with Crippen molar-refractivity contribution in [1.29, 1.82) is 0 Å². The third kappa shape index (κ3) is 3.85. The van der Waals surface area contributed by atoms with E-state index in [4.69, 9.17) is 11.6 Å². The minimum atomic E-state index is -0.274. The summed E-state index contributed by atoms with van der Waals surface area (Å²) in [5, 5.41) is 13.3. The van der Waals surface area contributed by atoms with Gasteiger partial charge in [-0.05, 0) is 68.3 Å². The van der Waals surface area contributed by atoms with Gasteiger partial charge in [-0.15, -0.1) is 0 Å². The van der Waals surface area contributed by atoms with Gasteiger partial charge in [-0.1, -0.05) is 17.7 Å². The molecule has 5 aromatic rings. The smallest absolute Gasteiger partial charge is 0.256 e. The van der Waals surface area contributed by atoms with Crippen molar-refractivity contribution in [2.24, 2.45) is 0 Å². The number of anilines is 1. The molecule has 2 aromatic carbocycles. The Hall–Kier alpha value is -4.04. The summed E-state index contributed by atoms with van der Waals surface area (Å²) < 4.78 is 3.37. The molecule has 0 aliphatic rings. The van der Waals surface area contributed by atoms with E-state index in [-0.39, 0.29) is 5.91 Å². The second-order valence-corrected chi connectivity index (χ2v) is 8.24. The number of halogens is 1. The summed E-state index contributed by atoms with van der Waals surface area (Å²) in [4.78, 5) is 21.7. The first-order valence-electron chi connectivity index (χ1n) is 10.3. The van der Waals surface area contributed by atoms with Crippen LogP contribution in [0.3, 0.4) is 0 Å². The normalized spacial score (nSPS) is 11.2. The van der Waals surface area contributed by atoms with Crippen LogP contribution in [0.5, 0.6) is 0 Å². The lowest BCUT2D eigenvalue weighted by molar-refractivity contribution is 0.102. The number of benzene rings is 2. The number of aryl methyl sites for hydroxylation is 3. The van der Waals surface area contributed by atoms with Crippen LogP contribution < -0.4 is 5.32 Å². The highest BCUT2D eigenvalue weighted by molar-refractivity contribution is 6.30. The van der Waals surface area contributed by atoms with Gasteiger partial charge in [0.25, 0.3) is 5.91 Å². The molecule has 0 fully saturated rings. The largest absolute Gasteiger partial charge is 0.306 e. The quantitative estimate of drug-likeness (QED) is 0.417. The molecule has 5 rings (SSSR count). The van der Waals surface area contributed by atoms with E-state index in [1.54, 1.807) is 45.9 Å². The summed E-state index contributed by atoms with van der Waals surface area (Å²) >= 11 is 5.94. The van der Waals surface area contributed by atoms with Gasteiger partial charge in [0.15, 0.2) is 11.5 Å². The molecule has 0 saturated heterocycles. The van der Waals surface area contributed by atoms with Gasteiger partial charge in [0.05, 0.1) is 23.0 Å². The highest BCUT2D eigenvalue weighted by atomic mass is 35.5. The zero-order valence-electron chi connectivity index (χ0n) is 18.2. The summed E-state index contributed by atoms with van der Waals surface area (Å²) in [6.07, 6.45) is 3.18. The Kier molecular flexibility index (Phi) is 5.14. The van der Waals surface area contributed by atoms with E-state index in [1.165, 1.54) is 17.5 Å². The molecule has 33 heavy (non-hydrogen) atoms. The third-order valence-corrected chi connectivity index (χ3v) is 5.71. The highest BCUT2D eigenvalue weighted by Gasteiger charge is 2.18. The van der Waals surface area contributed by atoms with Gasteiger partial charge in [-0.25, -0.2) is 14.6 Å². The summed E-state index contributed by atoms with van der Waals surface area (Å²) in [5.41, 5.74) is 5.14. The molecule has 0 saturated carbocycles. The molecular formula is C24H20ClN7O. The third-order valence-electron chi connectivity index (χ3n) is 5.46. The lowest BCUT2D eigenvalue weighted by atomic mass is 10.1. The molecular weight excluding hydrogens is 438 g/mol. The number of hydrogen-bond donors (Lipinski definition) is 1. The topological polar surface area (TPSA) is 90.5 Å². The first-order valence-corrected chi connectivity index (χ1v) is 10.7. The number of amides is 1. The molecule has 3 heterocycles. The van der Waals surface area contributed by atoms with Crippen molar-refractivity contribution in [2.75, 3.05) is 5.32 Å². The maximum atomic E-state index is 12.8. The monoisotopic (exact) mass is 457 g/mol. The summed E-state index contributed by atoms with van der Waals surface area (Å²) in [6, 6.07) is 14.6. The van der Waals surface area contributed by atoms with Crippen molar-refractivity contribution in [2.45, 2.75) is 20.8 Å². The van der Waals surface area contributed by atoms with E-state index in [1.807, 2.05) is 13.0 Å². The number of carbonyl (C=O) groups excluding carboxylic acids is 1. The molecule has 0 aliphatic heterocycles. The average Bonchev–Trinajstić information content (AvgIpc) is 3.39. The number of carbonyl (C=O) groups is 1. The van der Waals surface area contributed by atoms with E-state index in [9.17, 15) is 4.79 Å². The van der Waals surface area contributed by atoms with Crippen LogP contribution in [0.4, 0.5) is 5.82 Å². The van der Waals surface area contributed by atoms with Crippen LogP contribution in [-0.2, 0) is 0 Å². The molecule has 1 amide bonds. The minimum absolute atomic E-state index is 0.274. The van der Waals surface area contributed by atoms with E-state index >= 15 is 0 Å². The lowest BCUT2D eigenvalue weighted by Crippen LogP contribution is -2.15. The Labute approximate surface area is 194 Å². The Morgan fingerprint density at radius 3 is 2.48 bits per heavy atom. The van der Waals surface area contributed by atoms with Crippen molar-refractivity contribution < 1.29 is 4.79 Å². The average molecular weight is 458 g/mol. The van der Waals surface area contributed by atoms with Crippen molar-refractivity contribution >= 4 is 34.4 Å². The van der Waals surface area contributed by atoms with Crippen LogP contribution in [0.1, 0.15) is 27.2 Å². The van der Waals surface area contributed by atoms with Gasteiger partial charge >= 0.3 is 0 Å². The van der Waals surface area contributed by atoms with Crippen molar-refractivity contribution in [3.63, 3.8) is 0 Å². The second kappa shape index (κ2) is 8.14. The maximum absolute atomic E-state index is 12.8. The Bertz CT molecular complexity index is 1500. The first-order chi connectivity index (χ1) is 15.9. The van der Waals surface area contributed by atoms with Crippen LogP contribution in [0.25, 0.3) is 22.5 Å². The Morgan fingerprint density at radius 1 is 0.939 bits per heavy atom. The fraction of sp³-hybridized carbons (Fsp3) is 0.125. The van der Waals surface area contributed by atoms with Gasteiger partial charge in [0, 0.05) is 16.7 Å². The molecule has 0 bridgehead atoms. The van der Waals surface area contributed by atoms with E-state index < -0.39 is 0 Å². The zero-order valence-corrected chi connectivity index (χ0v) is 19.0. The van der Waals surface area contributed by atoms with Gasteiger partial charge < -0.3 is 5.32 Å². The fourth-order valence-electron chi connectivity index (χ4n) is 3.59.